The third kappa shape index (κ3) is 3.67. The molecule has 0 saturated heterocycles. The fraction of sp³-hybridized carbons (Fsp3) is 0.562. The lowest BCUT2D eigenvalue weighted by atomic mass is 9.85. The molecule has 0 amide bonds. The summed E-state index contributed by atoms with van der Waals surface area (Å²) in [6.07, 6.45) is 8.03. The van der Waals surface area contributed by atoms with Crippen molar-refractivity contribution in [1.82, 2.24) is 0 Å². The first kappa shape index (κ1) is 13.3. The maximum atomic E-state index is 12.2. The van der Waals surface area contributed by atoms with E-state index >= 15 is 0 Å². The smallest absolute Gasteiger partial charge is 0.163 e. The van der Waals surface area contributed by atoms with Crippen molar-refractivity contribution in [2.75, 3.05) is 6.54 Å². The second-order valence-electron chi connectivity index (χ2n) is 5.37. The summed E-state index contributed by atoms with van der Waals surface area (Å²) in [6.45, 7) is 0.662. The number of carbonyl (C=O) groups excluding carboxylic acids is 1. The molecule has 0 bridgehead atoms. The zero-order valence-electron chi connectivity index (χ0n) is 11.0. The number of hydrogen-bond acceptors (Lipinski definition) is 2. The van der Waals surface area contributed by atoms with Gasteiger partial charge in [0.15, 0.2) is 5.78 Å². The summed E-state index contributed by atoms with van der Waals surface area (Å²) in [5, 5.41) is 0. The van der Waals surface area contributed by atoms with Crippen molar-refractivity contribution in [3.05, 3.63) is 35.4 Å². The Morgan fingerprint density at radius 1 is 1.11 bits per heavy atom. The average molecular weight is 245 g/mol. The summed E-state index contributed by atoms with van der Waals surface area (Å²) < 4.78 is 0. The molecule has 2 rings (SSSR count). The third-order valence-corrected chi connectivity index (χ3v) is 3.91. The number of rotatable bonds is 5. The SMILES string of the molecule is NCCc1ccc(C(=O)CC2CCCCC2)cc1. The Labute approximate surface area is 110 Å². The monoisotopic (exact) mass is 245 g/mol. The summed E-state index contributed by atoms with van der Waals surface area (Å²) in [5.41, 5.74) is 7.59. The first-order valence-corrected chi connectivity index (χ1v) is 7.12. The van der Waals surface area contributed by atoms with E-state index in [1.54, 1.807) is 0 Å². The van der Waals surface area contributed by atoms with Gasteiger partial charge < -0.3 is 5.73 Å². The van der Waals surface area contributed by atoms with E-state index in [2.05, 4.69) is 0 Å². The number of carbonyl (C=O) groups is 1. The lowest BCUT2D eigenvalue weighted by Gasteiger charge is -2.20. The fourth-order valence-corrected chi connectivity index (χ4v) is 2.80. The summed E-state index contributed by atoms with van der Waals surface area (Å²) in [5.74, 6) is 0.927. The zero-order valence-corrected chi connectivity index (χ0v) is 11.0. The highest BCUT2D eigenvalue weighted by Crippen LogP contribution is 2.27. The van der Waals surface area contributed by atoms with Crippen LogP contribution in [0.3, 0.4) is 0 Å². The summed E-state index contributed by atoms with van der Waals surface area (Å²) >= 11 is 0. The highest BCUT2D eigenvalue weighted by molar-refractivity contribution is 5.96. The number of nitrogens with two attached hydrogens (primary N) is 1. The first-order valence-electron chi connectivity index (χ1n) is 7.12. The Bertz CT molecular complexity index is 377. The average Bonchev–Trinajstić information content (AvgIpc) is 2.41. The minimum Gasteiger partial charge on any atom is -0.330 e. The van der Waals surface area contributed by atoms with Gasteiger partial charge in [-0.05, 0) is 24.4 Å². The van der Waals surface area contributed by atoms with Crippen molar-refractivity contribution >= 4 is 5.78 Å². The summed E-state index contributed by atoms with van der Waals surface area (Å²) in [4.78, 5) is 12.2. The predicted molar refractivity (Wildman–Crippen MR) is 74.7 cm³/mol. The molecule has 2 N–H and O–H groups in total. The lowest BCUT2D eigenvalue weighted by Crippen LogP contribution is -2.12. The maximum absolute atomic E-state index is 12.2. The van der Waals surface area contributed by atoms with Crippen molar-refractivity contribution in [3.8, 4) is 0 Å². The highest BCUT2D eigenvalue weighted by atomic mass is 16.1. The molecule has 98 valence electrons. The van der Waals surface area contributed by atoms with Gasteiger partial charge >= 0.3 is 0 Å². The minimum absolute atomic E-state index is 0.307. The molecular weight excluding hydrogens is 222 g/mol. The van der Waals surface area contributed by atoms with Gasteiger partial charge in [0, 0.05) is 12.0 Å². The lowest BCUT2D eigenvalue weighted by molar-refractivity contribution is 0.0950. The van der Waals surface area contributed by atoms with E-state index in [0.717, 1.165) is 18.4 Å². The van der Waals surface area contributed by atoms with E-state index in [-0.39, 0.29) is 0 Å². The molecule has 0 heterocycles. The van der Waals surface area contributed by atoms with Crippen LogP contribution in [0.15, 0.2) is 24.3 Å². The van der Waals surface area contributed by atoms with Gasteiger partial charge in [0.05, 0.1) is 0 Å². The Kier molecular flexibility index (Phi) is 4.94. The molecule has 1 saturated carbocycles. The Balaban J connectivity index is 1.91. The van der Waals surface area contributed by atoms with Gasteiger partial charge in [-0.1, -0.05) is 56.4 Å². The first-order chi connectivity index (χ1) is 8.79. The van der Waals surface area contributed by atoms with Gasteiger partial charge in [-0.15, -0.1) is 0 Å². The standard InChI is InChI=1S/C16H23NO/c17-11-10-13-6-8-15(9-7-13)16(18)12-14-4-2-1-3-5-14/h6-9,14H,1-5,10-12,17H2. The van der Waals surface area contributed by atoms with Gasteiger partial charge in [-0.25, -0.2) is 0 Å². The van der Waals surface area contributed by atoms with Crippen molar-refractivity contribution in [3.63, 3.8) is 0 Å². The normalized spacial score (nSPS) is 16.7. The molecule has 0 atom stereocenters. The summed E-state index contributed by atoms with van der Waals surface area (Å²) in [7, 11) is 0. The number of benzene rings is 1. The van der Waals surface area contributed by atoms with Crippen LogP contribution in [0.1, 0.15) is 54.4 Å². The number of Topliss-reactive ketones (excluding diaryl/α,β-unsaturated/α-hetero) is 1. The van der Waals surface area contributed by atoms with Crippen LogP contribution < -0.4 is 5.73 Å². The van der Waals surface area contributed by atoms with Gasteiger partial charge in [0.25, 0.3) is 0 Å². The van der Waals surface area contributed by atoms with E-state index in [4.69, 9.17) is 5.73 Å². The molecule has 1 aliphatic carbocycles. The zero-order chi connectivity index (χ0) is 12.8. The Morgan fingerprint density at radius 2 is 1.78 bits per heavy atom. The number of ketones is 1. The molecule has 2 nitrogen and oxygen atoms in total. The largest absolute Gasteiger partial charge is 0.330 e. The molecule has 0 unspecified atom stereocenters. The van der Waals surface area contributed by atoms with E-state index in [1.165, 1.54) is 37.7 Å². The third-order valence-electron chi connectivity index (χ3n) is 3.91. The Hall–Kier alpha value is -1.15. The van der Waals surface area contributed by atoms with Gasteiger partial charge in [0.2, 0.25) is 0 Å². The highest BCUT2D eigenvalue weighted by Gasteiger charge is 2.17. The summed E-state index contributed by atoms with van der Waals surface area (Å²) in [6, 6.07) is 7.97. The predicted octanol–water partition coefficient (Wildman–Crippen LogP) is 3.34. The Morgan fingerprint density at radius 3 is 2.39 bits per heavy atom. The second-order valence-corrected chi connectivity index (χ2v) is 5.37. The number of hydrogen-bond donors (Lipinski definition) is 1. The minimum atomic E-state index is 0.307. The van der Waals surface area contributed by atoms with Crippen LogP contribution in [0.2, 0.25) is 0 Å². The maximum Gasteiger partial charge on any atom is 0.163 e. The van der Waals surface area contributed by atoms with E-state index < -0.39 is 0 Å². The van der Waals surface area contributed by atoms with Crippen molar-refractivity contribution in [2.45, 2.75) is 44.9 Å². The van der Waals surface area contributed by atoms with Crippen LogP contribution in [0, 0.1) is 5.92 Å². The fourth-order valence-electron chi connectivity index (χ4n) is 2.80. The molecule has 1 aromatic rings. The molecule has 18 heavy (non-hydrogen) atoms. The van der Waals surface area contributed by atoms with Crippen LogP contribution in [-0.4, -0.2) is 12.3 Å². The molecule has 0 radical (unpaired) electrons. The molecule has 0 aromatic heterocycles. The second kappa shape index (κ2) is 6.69. The van der Waals surface area contributed by atoms with E-state index in [9.17, 15) is 4.79 Å². The molecule has 1 fully saturated rings. The quantitative estimate of drug-likeness (QED) is 0.808. The molecule has 2 heteroatoms. The van der Waals surface area contributed by atoms with Gasteiger partial charge in [0.1, 0.15) is 0 Å². The van der Waals surface area contributed by atoms with Crippen LogP contribution in [-0.2, 0) is 6.42 Å². The van der Waals surface area contributed by atoms with Crippen molar-refractivity contribution in [2.24, 2.45) is 11.7 Å². The van der Waals surface area contributed by atoms with Crippen LogP contribution >= 0.6 is 0 Å². The van der Waals surface area contributed by atoms with Crippen molar-refractivity contribution in [1.29, 1.82) is 0 Å². The van der Waals surface area contributed by atoms with Crippen LogP contribution in [0.4, 0.5) is 0 Å². The van der Waals surface area contributed by atoms with Crippen LogP contribution in [0.5, 0.6) is 0 Å². The topological polar surface area (TPSA) is 43.1 Å². The molecule has 0 spiro atoms. The van der Waals surface area contributed by atoms with Gasteiger partial charge in [-0.3, -0.25) is 4.79 Å². The van der Waals surface area contributed by atoms with E-state index in [0.29, 0.717) is 18.2 Å². The molecule has 1 aromatic carbocycles. The molecule has 0 aliphatic heterocycles. The van der Waals surface area contributed by atoms with E-state index in [1.807, 2.05) is 24.3 Å². The molecular formula is C16H23NO. The molecule has 1 aliphatic rings. The van der Waals surface area contributed by atoms with Crippen molar-refractivity contribution < 1.29 is 4.79 Å². The van der Waals surface area contributed by atoms with Gasteiger partial charge in [-0.2, -0.15) is 0 Å². The van der Waals surface area contributed by atoms with Crippen LogP contribution in [0.25, 0.3) is 0 Å².